The highest BCUT2D eigenvalue weighted by molar-refractivity contribution is 6.32. The third kappa shape index (κ3) is 5.47. The molecule has 7 heteroatoms. The van der Waals surface area contributed by atoms with Crippen molar-refractivity contribution >= 4 is 17.6 Å². The minimum Gasteiger partial charge on any atom is -0.479 e. The lowest BCUT2D eigenvalue weighted by atomic mass is 10.2. The Labute approximate surface area is 153 Å². The van der Waals surface area contributed by atoms with Crippen LogP contribution in [0.2, 0.25) is 5.02 Å². The molecule has 0 radical (unpaired) electrons. The van der Waals surface area contributed by atoms with E-state index in [1.165, 1.54) is 6.92 Å². The van der Waals surface area contributed by atoms with E-state index < -0.39 is 12.1 Å². The third-order valence-corrected chi connectivity index (χ3v) is 4.03. The smallest absolute Gasteiger partial charge is 0.344 e. The van der Waals surface area contributed by atoms with Crippen LogP contribution in [0.5, 0.6) is 5.75 Å². The topological polar surface area (TPSA) is 67.6 Å². The summed E-state index contributed by atoms with van der Waals surface area (Å²) < 4.78 is 7.27. The summed E-state index contributed by atoms with van der Waals surface area (Å²) in [5.74, 6) is -0.650. The normalized spacial score (nSPS) is 12.6. The molecule has 25 heavy (non-hydrogen) atoms. The second-order valence-electron chi connectivity index (χ2n) is 6.46. The zero-order valence-electron chi connectivity index (χ0n) is 14.9. The van der Waals surface area contributed by atoms with E-state index in [1.807, 2.05) is 24.0 Å². The molecule has 1 aromatic heterocycles. The molecule has 0 bridgehead atoms. The molecule has 0 aliphatic rings. The van der Waals surface area contributed by atoms with Crippen molar-refractivity contribution in [3.8, 4) is 5.75 Å². The molecule has 0 aliphatic heterocycles. The summed E-state index contributed by atoms with van der Waals surface area (Å²) in [6.07, 6.45) is 3.00. The molecule has 1 atom stereocenters. The predicted molar refractivity (Wildman–Crippen MR) is 97.0 cm³/mol. The monoisotopic (exact) mass is 365 g/mol. The average Bonchev–Trinajstić information content (AvgIpc) is 2.98. The van der Waals surface area contributed by atoms with Gasteiger partial charge in [-0.15, -0.1) is 0 Å². The molecule has 0 aliphatic carbocycles. The van der Waals surface area contributed by atoms with Crippen LogP contribution < -0.4 is 4.74 Å². The minimum absolute atomic E-state index is 0.346. The lowest BCUT2D eigenvalue weighted by molar-refractivity contribution is -0.144. The summed E-state index contributed by atoms with van der Waals surface area (Å²) in [5, 5.41) is 13.7. The van der Waals surface area contributed by atoms with Crippen LogP contribution in [0.4, 0.5) is 0 Å². The number of ether oxygens (including phenoxy) is 1. The van der Waals surface area contributed by atoms with Gasteiger partial charge >= 0.3 is 5.97 Å². The Morgan fingerprint density at radius 3 is 2.56 bits per heavy atom. The van der Waals surface area contributed by atoms with Crippen LogP contribution in [0.3, 0.4) is 0 Å². The fraction of sp³-hybridized carbons (Fsp3) is 0.444. The van der Waals surface area contributed by atoms with Crippen molar-refractivity contribution < 1.29 is 14.6 Å². The van der Waals surface area contributed by atoms with E-state index in [2.05, 4.69) is 30.0 Å². The summed E-state index contributed by atoms with van der Waals surface area (Å²) in [4.78, 5) is 13.0. The van der Waals surface area contributed by atoms with E-state index in [1.54, 1.807) is 12.1 Å². The highest BCUT2D eigenvalue weighted by atomic mass is 35.5. The number of nitrogens with zero attached hydrogens (tertiary/aromatic N) is 3. The van der Waals surface area contributed by atoms with Gasteiger partial charge < -0.3 is 9.84 Å². The molecule has 2 aromatic rings. The van der Waals surface area contributed by atoms with Crippen molar-refractivity contribution in [2.24, 2.45) is 0 Å². The fourth-order valence-corrected chi connectivity index (χ4v) is 2.65. The first-order valence-electron chi connectivity index (χ1n) is 8.15. The van der Waals surface area contributed by atoms with Crippen molar-refractivity contribution in [2.75, 3.05) is 7.05 Å². The summed E-state index contributed by atoms with van der Waals surface area (Å²) in [5.41, 5.74) is 2.18. The summed E-state index contributed by atoms with van der Waals surface area (Å²) in [7, 11) is 2.03. The molecule has 0 amide bonds. The van der Waals surface area contributed by atoms with E-state index in [-0.39, 0.29) is 0 Å². The summed E-state index contributed by atoms with van der Waals surface area (Å²) >= 11 is 6.21. The van der Waals surface area contributed by atoms with Crippen LogP contribution in [-0.4, -0.2) is 38.9 Å². The Morgan fingerprint density at radius 1 is 1.32 bits per heavy atom. The zero-order valence-corrected chi connectivity index (χ0v) is 15.7. The van der Waals surface area contributed by atoms with E-state index in [0.717, 1.165) is 17.7 Å². The first-order valence-corrected chi connectivity index (χ1v) is 8.53. The predicted octanol–water partition coefficient (Wildman–Crippen LogP) is 3.60. The molecule has 0 fully saturated rings. The van der Waals surface area contributed by atoms with Gasteiger partial charge in [-0.1, -0.05) is 17.7 Å². The maximum Gasteiger partial charge on any atom is 0.344 e. The van der Waals surface area contributed by atoms with Crippen molar-refractivity contribution in [1.82, 2.24) is 14.7 Å². The van der Waals surface area contributed by atoms with Gasteiger partial charge in [0.05, 0.1) is 11.2 Å². The third-order valence-electron chi connectivity index (χ3n) is 3.74. The van der Waals surface area contributed by atoms with Gasteiger partial charge in [0.25, 0.3) is 0 Å². The number of carbonyl (C=O) groups is 1. The fourth-order valence-electron chi connectivity index (χ4n) is 2.40. The van der Waals surface area contributed by atoms with Gasteiger partial charge in [0.2, 0.25) is 0 Å². The number of rotatable bonds is 8. The Balaban J connectivity index is 1.97. The second kappa shape index (κ2) is 8.36. The first kappa shape index (κ1) is 19.3. The molecule has 0 unspecified atom stereocenters. The molecular weight excluding hydrogens is 342 g/mol. The van der Waals surface area contributed by atoms with Gasteiger partial charge in [-0.05, 0) is 45.5 Å². The number of carboxylic acid groups (broad SMARTS) is 1. The second-order valence-corrected chi connectivity index (χ2v) is 6.86. The molecule has 1 aromatic carbocycles. The standard InChI is InChI=1S/C18H24ClN3O3/c1-12(2)22-11-15(8-20-22)10-21(4)9-14-5-6-17(16(19)7-14)25-13(3)18(23)24/h5-8,11-13H,9-10H2,1-4H3,(H,23,24)/t13-/m1/s1. The Bertz CT molecular complexity index is 730. The van der Waals surface area contributed by atoms with Crippen molar-refractivity contribution in [2.45, 2.75) is 46.0 Å². The van der Waals surface area contributed by atoms with E-state index in [9.17, 15) is 4.79 Å². The van der Waals surface area contributed by atoms with Gasteiger partial charge in [0, 0.05) is 30.9 Å². The molecular formula is C18H24ClN3O3. The van der Waals surface area contributed by atoms with E-state index >= 15 is 0 Å². The van der Waals surface area contributed by atoms with Gasteiger partial charge in [0.15, 0.2) is 6.10 Å². The zero-order chi connectivity index (χ0) is 18.6. The highest BCUT2D eigenvalue weighted by Crippen LogP contribution is 2.27. The molecule has 0 saturated carbocycles. The Hall–Kier alpha value is -2.05. The molecule has 1 N–H and O–H groups in total. The minimum atomic E-state index is -1.03. The number of aliphatic carboxylic acids is 1. The Kier molecular flexibility index (Phi) is 6.45. The van der Waals surface area contributed by atoms with E-state index in [4.69, 9.17) is 21.4 Å². The molecule has 2 rings (SSSR count). The first-order chi connectivity index (χ1) is 11.8. The SMILES string of the molecule is CC(C)n1cc(CN(C)Cc2ccc(O[C@H](C)C(=O)O)c(Cl)c2)cn1. The van der Waals surface area contributed by atoms with Crippen molar-refractivity contribution in [1.29, 1.82) is 0 Å². The van der Waals surface area contributed by atoms with Crippen LogP contribution >= 0.6 is 11.6 Å². The van der Waals surface area contributed by atoms with Gasteiger partial charge in [-0.2, -0.15) is 5.10 Å². The highest BCUT2D eigenvalue weighted by Gasteiger charge is 2.15. The average molecular weight is 366 g/mol. The number of carboxylic acids is 1. The summed E-state index contributed by atoms with van der Waals surface area (Å²) in [6.45, 7) is 7.15. The molecule has 0 saturated heterocycles. The van der Waals surface area contributed by atoms with Crippen LogP contribution in [-0.2, 0) is 17.9 Å². The van der Waals surface area contributed by atoms with E-state index in [0.29, 0.717) is 23.4 Å². The molecule has 136 valence electrons. The number of hydrogen-bond acceptors (Lipinski definition) is 4. The van der Waals surface area contributed by atoms with Gasteiger partial charge in [0.1, 0.15) is 5.75 Å². The largest absolute Gasteiger partial charge is 0.479 e. The summed E-state index contributed by atoms with van der Waals surface area (Å²) in [6, 6.07) is 5.75. The van der Waals surface area contributed by atoms with Crippen LogP contribution in [0.15, 0.2) is 30.6 Å². The van der Waals surface area contributed by atoms with Crippen LogP contribution in [0, 0.1) is 0 Å². The Morgan fingerprint density at radius 2 is 2.00 bits per heavy atom. The molecule has 1 heterocycles. The van der Waals surface area contributed by atoms with Gasteiger partial charge in [-0.25, -0.2) is 4.79 Å². The number of aromatic nitrogens is 2. The maximum atomic E-state index is 10.9. The van der Waals surface area contributed by atoms with Gasteiger partial charge in [-0.3, -0.25) is 9.58 Å². The van der Waals surface area contributed by atoms with Crippen molar-refractivity contribution in [3.63, 3.8) is 0 Å². The van der Waals surface area contributed by atoms with Crippen LogP contribution in [0.25, 0.3) is 0 Å². The number of hydrogen-bond donors (Lipinski definition) is 1. The molecule has 6 nitrogen and oxygen atoms in total. The van der Waals surface area contributed by atoms with Crippen LogP contribution in [0.1, 0.15) is 37.9 Å². The van der Waals surface area contributed by atoms with Crippen molar-refractivity contribution in [3.05, 3.63) is 46.7 Å². The lowest BCUT2D eigenvalue weighted by Gasteiger charge is -2.17. The maximum absolute atomic E-state index is 10.9. The quantitative estimate of drug-likeness (QED) is 0.774. The molecule has 0 spiro atoms. The number of halogens is 1. The number of benzene rings is 1. The lowest BCUT2D eigenvalue weighted by Crippen LogP contribution is -2.23.